The Balaban J connectivity index is 1.90. The fourth-order valence-corrected chi connectivity index (χ4v) is 4.70. The number of benzene rings is 1. The maximum absolute atomic E-state index is 12.7. The van der Waals surface area contributed by atoms with E-state index in [9.17, 15) is 19.5 Å². The highest BCUT2D eigenvalue weighted by atomic mass is 16.6. The Bertz CT molecular complexity index is 1170. The molecule has 0 saturated carbocycles. The Morgan fingerprint density at radius 1 is 1.27 bits per heavy atom. The SMILES string of the molecule is CCN(C(=O)[O-])[C@@H]1C[C@H](C)[N+](C)(C(C)=O)c2ccc(-c3nc(CCN(C)C(=O)OC(C)(C)C)no3)cc21. The number of fused-ring (bicyclic) bond motifs is 1. The van der Waals surface area contributed by atoms with Crippen LogP contribution < -0.4 is 9.59 Å². The minimum atomic E-state index is -1.26. The third kappa shape index (κ3) is 5.76. The van der Waals surface area contributed by atoms with E-state index in [2.05, 4.69) is 10.1 Å². The lowest BCUT2D eigenvalue weighted by Gasteiger charge is -2.46. The number of likely N-dealkylation sites (N-methyl/N-ethyl adjacent to an activating group) is 1. The Morgan fingerprint density at radius 2 is 1.95 bits per heavy atom. The van der Waals surface area contributed by atoms with Crippen LogP contribution in [0.5, 0.6) is 0 Å². The van der Waals surface area contributed by atoms with E-state index in [4.69, 9.17) is 9.26 Å². The van der Waals surface area contributed by atoms with E-state index in [1.54, 1.807) is 47.7 Å². The van der Waals surface area contributed by atoms with Crippen LogP contribution in [0, 0.1) is 0 Å². The van der Waals surface area contributed by atoms with Gasteiger partial charge in [-0.1, -0.05) is 5.16 Å². The number of hydrogen-bond acceptors (Lipinski definition) is 8. The summed E-state index contributed by atoms with van der Waals surface area (Å²) in [5.74, 6) is 0.650. The Morgan fingerprint density at radius 3 is 2.51 bits per heavy atom. The van der Waals surface area contributed by atoms with Crippen LogP contribution in [0.3, 0.4) is 0 Å². The van der Waals surface area contributed by atoms with Crippen molar-refractivity contribution in [3.8, 4) is 11.5 Å². The first kappa shape index (κ1) is 28.1. The minimum Gasteiger partial charge on any atom is -0.530 e. The van der Waals surface area contributed by atoms with Crippen molar-refractivity contribution in [2.24, 2.45) is 0 Å². The zero-order valence-corrected chi connectivity index (χ0v) is 22.9. The second kappa shape index (κ2) is 10.5. The average Bonchev–Trinajstić information content (AvgIpc) is 3.28. The molecule has 3 rings (SSSR count). The number of hydrogen-bond donors (Lipinski definition) is 0. The van der Waals surface area contributed by atoms with E-state index < -0.39 is 23.8 Å². The van der Waals surface area contributed by atoms with Crippen LogP contribution >= 0.6 is 0 Å². The average molecular weight is 516 g/mol. The summed E-state index contributed by atoms with van der Waals surface area (Å²) in [4.78, 5) is 44.1. The minimum absolute atomic E-state index is 0.0365. The Hall–Kier alpha value is -3.47. The first-order valence-corrected chi connectivity index (χ1v) is 12.5. The van der Waals surface area contributed by atoms with Gasteiger partial charge in [0.1, 0.15) is 17.4 Å². The topological polar surface area (TPSA) is 129 Å². The van der Waals surface area contributed by atoms with E-state index in [0.717, 1.165) is 5.69 Å². The zero-order valence-electron chi connectivity index (χ0n) is 22.9. The fraction of sp³-hybridized carbons (Fsp3) is 0.577. The lowest BCUT2D eigenvalue weighted by atomic mass is 9.87. The monoisotopic (exact) mass is 515 g/mol. The molecule has 0 N–H and O–H groups in total. The summed E-state index contributed by atoms with van der Waals surface area (Å²) >= 11 is 0. The second-order valence-corrected chi connectivity index (χ2v) is 10.7. The van der Waals surface area contributed by atoms with Crippen molar-refractivity contribution in [2.75, 3.05) is 27.2 Å². The molecule has 1 aromatic carbocycles. The molecule has 2 aromatic rings. The van der Waals surface area contributed by atoms with Crippen LogP contribution in [0.2, 0.25) is 0 Å². The number of rotatable bonds is 6. The number of carboxylic acid groups (broad SMARTS) is 1. The number of carbonyl (C=O) groups excluding carboxylic acids is 3. The quantitative estimate of drug-likeness (QED) is 0.537. The van der Waals surface area contributed by atoms with Gasteiger partial charge in [-0.25, -0.2) is 14.1 Å². The molecule has 3 amide bonds. The highest BCUT2D eigenvalue weighted by Crippen LogP contribution is 2.45. The van der Waals surface area contributed by atoms with Gasteiger partial charge in [0.25, 0.3) is 5.89 Å². The van der Waals surface area contributed by atoms with E-state index in [1.807, 2.05) is 26.1 Å². The standard InChI is InChI=1S/C26H37N5O6/c1-9-30(24(33)34)20-14-16(2)31(8,17(3)32)21-11-10-18(15-19(20)21)23-27-22(28-37-23)12-13-29(7)25(35)36-26(4,5)6/h10-11,15-16,20H,9,12-14H2,1-8H3/t16-,20+,31?/m0/s1. The van der Waals surface area contributed by atoms with Gasteiger partial charge in [0.2, 0.25) is 0 Å². The first-order valence-electron chi connectivity index (χ1n) is 12.5. The molecule has 11 nitrogen and oxygen atoms in total. The van der Waals surface area contributed by atoms with Crippen molar-refractivity contribution in [1.82, 2.24) is 24.4 Å². The third-order valence-corrected chi connectivity index (χ3v) is 7.03. The lowest BCUT2D eigenvalue weighted by Crippen LogP contribution is -2.60. The van der Waals surface area contributed by atoms with Crippen molar-refractivity contribution < 1.29 is 28.8 Å². The molecule has 11 heteroatoms. The molecule has 1 aliphatic heterocycles. The number of aromatic nitrogens is 2. The van der Waals surface area contributed by atoms with Crippen LogP contribution in [0.25, 0.3) is 11.5 Å². The normalized spacial score (nSPS) is 21.2. The van der Waals surface area contributed by atoms with Crippen molar-refractivity contribution in [3.63, 3.8) is 0 Å². The molecule has 37 heavy (non-hydrogen) atoms. The highest BCUT2D eigenvalue weighted by Gasteiger charge is 2.47. The molecular formula is C26H37N5O6. The summed E-state index contributed by atoms with van der Waals surface area (Å²) in [7, 11) is 3.49. The van der Waals surface area contributed by atoms with Gasteiger partial charge in [-0.3, -0.25) is 0 Å². The molecular weight excluding hydrogens is 478 g/mol. The molecule has 0 saturated heterocycles. The molecule has 0 radical (unpaired) electrons. The molecule has 0 fully saturated rings. The molecule has 0 aliphatic carbocycles. The molecule has 1 aromatic heterocycles. The smallest absolute Gasteiger partial charge is 0.410 e. The number of quaternary nitrogens is 1. The van der Waals surface area contributed by atoms with Crippen LogP contribution in [-0.4, -0.2) is 76.9 Å². The molecule has 1 unspecified atom stereocenters. The Kier molecular flexibility index (Phi) is 7.97. The predicted molar refractivity (Wildman–Crippen MR) is 135 cm³/mol. The molecule has 1 aliphatic rings. The Labute approximate surface area is 217 Å². The van der Waals surface area contributed by atoms with Gasteiger partial charge in [-0.05, 0) is 46.8 Å². The largest absolute Gasteiger partial charge is 0.530 e. The zero-order chi connectivity index (χ0) is 27.7. The van der Waals surface area contributed by atoms with Crippen molar-refractivity contribution in [2.45, 2.75) is 72.1 Å². The lowest BCUT2D eigenvalue weighted by molar-refractivity contribution is -0.268. The first-order chi connectivity index (χ1) is 17.2. The highest BCUT2D eigenvalue weighted by molar-refractivity contribution is 5.89. The summed E-state index contributed by atoms with van der Waals surface area (Å²) < 4.78 is 10.9. The molecule has 0 bridgehead atoms. The van der Waals surface area contributed by atoms with Gasteiger partial charge in [0, 0.05) is 50.2 Å². The van der Waals surface area contributed by atoms with Crippen LogP contribution in [-0.2, 0) is 16.0 Å². The number of nitrogens with zero attached hydrogens (tertiary/aromatic N) is 5. The van der Waals surface area contributed by atoms with Gasteiger partial charge in [-0.15, -0.1) is 0 Å². The maximum atomic E-state index is 12.7. The van der Waals surface area contributed by atoms with Crippen LogP contribution in [0.15, 0.2) is 22.7 Å². The number of amides is 3. The van der Waals surface area contributed by atoms with Crippen molar-refractivity contribution >= 4 is 23.8 Å². The van der Waals surface area contributed by atoms with Gasteiger partial charge in [0.05, 0.1) is 26.1 Å². The number of ether oxygens (including phenoxy) is 1. The summed E-state index contributed by atoms with van der Waals surface area (Å²) in [5.41, 5.74) is 1.47. The van der Waals surface area contributed by atoms with Gasteiger partial charge < -0.3 is 29.0 Å². The van der Waals surface area contributed by atoms with Crippen molar-refractivity contribution in [3.05, 3.63) is 29.6 Å². The van der Waals surface area contributed by atoms with E-state index in [-0.39, 0.29) is 28.9 Å². The fourth-order valence-electron chi connectivity index (χ4n) is 4.70. The van der Waals surface area contributed by atoms with E-state index >= 15 is 0 Å². The second-order valence-electron chi connectivity index (χ2n) is 10.7. The van der Waals surface area contributed by atoms with E-state index in [0.29, 0.717) is 36.3 Å². The molecule has 0 spiro atoms. The predicted octanol–water partition coefficient (Wildman–Crippen LogP) is 3.13. The maximum Gasteiger partial charge on any atom is 0.410 e. The molecule has 3 atom stereocenters. The molecule has 202 valence electrons. The van der Waals surface area contributed by atoms with Gasteiger partial charge in [0.15, 0.2) is 5.82 Å². The summed E-state index contributed by atoms with van der Waals surface area (Å²) in [6.07, 6.45) is -0.881. The van der Waals surface area contributed by atoms with Gasteiger partial charge in [-0.2, -0.15) is 4.98 Å². The summed E-state index contributed by atoms with van der Waals surface area (Å²) in [5, 5.41) is 16.0. The summed E-state index contributed by atoms with van der Waals surface area (Å²) in [6.45, 7) is 11.3. The van der Waals surface area contributed by atoms with Crippen LogP contribution in [0.1, 0.15) is 65.4 Å². The van der Waals surface area contributed by atoms with Gasteiger partial charge >= 0.3 is 12.0 Å². The van der Waals surface area contributed by atoms with Crippen molar-refractivity contribution in [1.29, 1.82) is 0 Å². The van der Waals surface area contributed by atoms with E-state index in [1.165, 1.54) is 9.80 Å². The third-order valence-electron chi connectivity index (χ3n) is 7.03. The van der Waals surface area contributed by atoms with Crippen LogP contribution in [0.4, 0.5) is 15.3 Å². The summed E-state index contributed by atoms with van der Waals surface area (Å²) in [6, 6.07) is 4.84. The number of carbonyl (C=O) groups is 3. The molecule has 2 heterocycles.